The van der Waals surface area contributed by atoms with Crippen LogP contribution in [0.2, 0.25) is 0 Å². The molecule has 3 nitrogen and oxygen atoms in total. The fraction of sp³-hybridized carbons (Fsp3) is 0.294. The van der Waals surface area contributed by atoms with Gasteiger partial charge in [0.05, 0.1) is 0 Å². The number of hydrogen-bond donors (Lipinski definition) is 1. The first kappa shape index (κ1) is 10.7. The van der Waals surface area contributed by atoms with Crippen LogP contribution in [0, 0.1) is 0 Å². The van der Waals surface area contributed by atoms with Gasteiger partial charge >= 0.3 is 0 Å². The molecule has 0 radical (unpaired) electrons. The van der Waals surface area contributed by atoms with E-state index in [0.717, 1.165) is 30.9 Å². The van der Waals surface area contributed by atoms with E-state index in [1.54, 1.807) is 0 Å². The molecule has 0 saturated carbocycles. The second-order valence-corrected chi connectivity index (χ2v) is 5.68. The second kappa shape index (κ2) is 3.76. The monoisotopic (exact) mass is 265 g/mol. The molecular formula is C17H15NO2. The maximum Gasteiger partial charge on any atom is 0.231 e. The number of ether oxygens (including phenoxy) is 2. The predicted octanol–water partition coefficient (Wildman–Crippen LogP) is 2.83. The van der Waals surface area contributed by atoms with E-state index in [4.69, 9.17) is 9.47 Å². The van der Waals surface area contributed by atoms with E-state index in [0.29, 0.717) is 12.8 Å². The van der Waals surface area contributed by atoms with Crippen molar-refractivity contribution in [1.82, 2.24) is 5.32 Å². The van der Waals surface area contributed by atoms with Gasteiger partial charge in [0, 0.05) is 11.6 Å². The molecule has 2 aliphatic heterocycles. The number of fused-ring (bicyclic) bond motifs is 4. The van der Waals surface area contributed by atoms with Crippen LogP contribution in [0.1, 0.15) is 22.7 Å². The first-order valence-electron chi connectivity index (χ1n) is 7.19. The summed E-state index contributed by atoms with van der Waals surface area (Å²) in [6.45, 7) is 1.38. The van der Waals surface area contributed by atoms with Gasteiger partial charge in [-0.15, -0.1) is 0 Å². The summed E-state index contributed by atoms with van der Waals surface area (Å²) in [4.78, 5) is 0. The average molecular weight is 265 g/mol. The summed E-state index contributed by atoms with van der Waals surface area (Å²) in [6, 6.07) is 11.3. The fourth-order valence-corrected chi connectivity index (χ4v) is 3.80. The van der Waals surface area contributed by atoms with Crippen molar-refractivity contribution < 1.29 is 9.47 Å². The quantitative estimate of drug-likeness (QED) is 0.794. The van der Waals surface area contributed by atoms with Crippen molar-refractivity contribution >= 4 is 0 Å². The van der Waals surface area contributed by atoms with Crippen LogP contribution in [0.25, 0.3) is 11.1 Å². The number of hydrogen-bond acceptors (Lipinski definition) is 3. The second-order valence-electron chi connectivity index (χ2n) is 5.68. The van der Waals surface area contributed by atoms with Gasteiger partial charge in [-0.05, 0) is 47.7 Å². The van der Waals surface area contributed by atoms with Gasteiger partial charge in [-0.1, -0.05) is 24.3 Å². The number of benzene rings is 2. The minimum atomic E-state index is 0.339. The van der Waals surface area contributed by atoms with Gasteiger partial charge in [-0.25, -0.2) is 0 Å². The van der Waals surface area contributed by atoms with E-state index in [9.17, 15) is 0 Å². The Balaban J connectivity index is 1.90. The van der Waals surface area contributed by atoms with Crippen molar-refractivity contribution in [3.63, 3.8) is 0 Å². The zero-order chi connectivity index (χ0) is 13.1. The SMILES string of the molecule is c1ccc2c(c1)CC1NCCc3cc4c(c-2c31)OCO4. The Kier molecular flexibility index (Phi) is 2.02. The summed E-state index contributed by atoms with van der Waals surface area (Å²) in [5.74, 6) is 1.85. The molecule has 0 spiro atoms. The Morgan fingerprint density at radius 3 is 3.05 bits per heavy atom. The molecule has 5 rings (SSSR count). The van der Waals surface area contributed by atoms with Crippen LogP contribution < -0.4 is 14.8 Å². The Hall–Kier alpha value is -2.00. The average Bonchev–Trinajstić information content (AvgIpc) is 2.95. The van der Waals surface area contributed by atoms with Crippen LogP contribution in [0.5, 0.6) is 11.5 Å². The maximum absolute atomic E-state index is 5.78. The molecule has 2 aromatic rings. The lowest BCUT2D eigenvalue weighted by molar-refractivity contribution is 0.174. The molecule has 2 aromatic carbocycles. The lowest BCUT2D eigenvalue weighted by Crippen LogP contribution is -2.33. The third-order valence-corrected chi connectivity index (χ3v) is 4.63. The first-order chi connectivity index (χ1) is 9.92. The highest BCUT2D eigenvalue weighted by molar-refractivity contribution is 5.83. The first-order valence-corrected chi connectivity index (χ1v) is 7.19. The molecule has 1 atom stereocenters. The molecule has 20 heavy (non-hydrogen) atoms. The maximum atomic E-state index is 5.78. The summed E-state index contributed by atoms with van der Waals surface area (Å²) in [5.41, 5.74) is 6.82. The largest absolute Gasteiger partial charge is 0.454 e. The molecule has 100 valence electrons. The topological polar surface area (TPSA) is 30.5 Å². The van der Waals surface area contributed by atoms with Crippen molar-refractivity contribution in [3.8, 4) is 22.6 Å². The lowest BCUT2D eigenvalue weighted by Gasteiger charge is -2.34. The van der Waals surface area contributed by atoms with E-state index in [1.807, 2.05) is 0 Å². The Bertz CT molecular complexity index is 723. The summed E-state index contributed by atoms with van der Waals surface area (Å²) < 4.78 is 11.4. The van der Waals surface area contributed by atoms with Gasteiger partial charge < -0.3 is 14.8 Å². The minimum absolute atomic E-state index is 0.339. The van der Waals surface area contributed by atoms with Crippen LogP contribution in [0.3, 0.4) is 0 Å². The summed E-state index contributed by atoms with van der Waals surface area (Å²) in [5, 5.41) is 3.65. The van der Waals surface area contributed by atoms with Gasteiger partial charge in [0.25, 0.3) is 0 Å². The smallest absolute Gasteiger partial charge is 0.231 e. The third-order valence-electron chi connectivity index (χ3n) is 4.63. The van der Waals surface area contributed by atoms with Gasteiger partial charge in [0.1, 0.15) is 0 Å². The van der Waals surface area contributed by atoms with E-state index in [1.165, 1.54) is 27.8 Å². The van der Waals surface area contributed by atoms with Gasteiger partial charge in [0.15, 0.2) is 11.5 Å². The molecule has 3 heteroatoms. The molecule has 1 aliphatic carbocycles. The molecule has 3 aliphatic rings. The van der Waals surface area contributed by atoms with Gasteiger partial charge in [-0.3, -0.25) is 0 Å². The molecule has 0 bridgehead atoms. The van der Waals surface area contributed by atoms with Crippen molar-refractivity contribution in [2.24, 2.45) is 0 Å². The standard InChI is InChI=1S/C17H15NO2/c1-2-4-12-10(3-1)7-13-15-11(5-6-18-13)8-14-17(16(12)15)20-9-19-14/h1-4,8,13,18H,5-7,9H2. The number of nitrogens with one attached hydrogen (secondary N) is 1. The highest BCUT2D eigenvalue weighted by Gasteiger charge is 2.34. The molecule has 0 amide bonds. The molecule has 0 saturated heterocycles. The molecular weight excluding hydrogens is 250 g/mol. The zero-order valence-corrected chi connectivity index (χ0v) is 11.1. The molecule has 0 fully saturated rings. The molecule has 0 aromatic heterocycles. The molecule has 2 heterocycles. The molecule has 1 unspecified atom stereocenters. The summed E-state index contributed by atoms with van der Waals surface area (Å²) in [6.07, 6.45) is 2.13. The Labute approximate surface area is 117 Å². The van der Waals surface area contributed by atoms with Crippen LogP contribution >= 0.6 is 0 Å². The van der Waals surface area contributed by atoms with Crippen LogP contribution in [-0.4, -0.2) is 13.3 Å². The normalized spacial score (nSPS) is 21.3. The summed E-state index contributed by atoms with van der Waals surface area (Å²) >= 11 is 0. The van der Waals surface area contributed by atoms with Crippen LogP contribution in [0.15, 0.2) is 30.3 Å². The van der Waals surface area contributed by atoms with Gasteiger partial charge in [-0.2, -0.15) is 0 Å². The zero-order valence-electron chi connectivity index (χ0n) is 11.1. The van der Waals surface area contributed by atoms with E-state index >= 15 is 0 Å². The van der Waals surface area contributed by atoms with Crippen LogP contribution in [0.4, 0.5) is 0 Å². The highest BCUT2D eigenvalue weighted by Crippen LogP contribution is 2.51. The van der Waals surface area contributed by atoms with Crippen molar-refractivity contribution in [2.45, 2.75) is 18.9 Å². The molecule has 1 N–H and O–H groups in total. The minimum Gasteiger partial charge on any atom is -0.454 e. The number of rotatable bonds is 0. The Morgan fingerprint density at radius 2 is 2.05 bits per heavy atom. The van der Waals surface area contributed by atoms with Gasteiger partial charge in [0.2, 0.25) is 6.79 Å². The fourth-order valence-electron chi connectivity index (χ4n) is 3.80. The van der Waals surface area contributed by atoms with E-state index in [2.05, 4.69) is 35.6 Å². The summed E-state index contributed by atoms with van der Waals surface area (Å²) in [7, 11) is 0. The third kappa shape index (κ3) is 1.28. The van der Waals surface area contributed by atoms with Crippen molar-refractivity contribution in [1.29, 1.82) is 0 Å². The van der Waals surface area contributed by atoms with E-state index < -0.39 is 0 Å². The van der Waals surface area contributed by atoms with Crippen molar-refractivity contribution in [2.75, 3.05) is 13.3 Å². The highest BCUT2D eigenvalue weighted by atomic mass is 16.7. The predicted molar refractivity (Wildman–Crippen MR) is 76.2 cm³/mol. The van der Waals surface area contributed by atoms with Crippen LogP contribution in [-0.2, 0) is 12.8 Å². The van der Waals surface area contributed by atoms with Crippen molar-refractivity contribution in [3.05, 3.63) is 47.0 Å². The van der Waals surface area contributed by atoms with E-state index in [-0.39, 0.29) is 0 Å². The lowest BCUT2D eigenvalue weighted by atomic mass is 9.77. The Morgan fingerprint density at radius 1 is 1.10 bits per heavy atom.